The molecule has 178 valence electrons. The summed E-state index contributed by atoms with van der Waals surface area (Å²) in [6.45, 7) is 5.24. The highest BCUT2D eigenvalue weighted by atomic mass is 32.2. The molecule has 0 radical (unpaired) electrons. The summed E-state index contributed by atoms with van der Waals surface area (Å²) in [5.41, 5.74) is 3.91. The average molecular weight is 488 g/mol. The lowest BCUT2D eigenvalue weighted by Crippen LogP contribution is -2.22. The van der Waals surface area contributed by atoms with E-state index in [1.165, 1.54) is 18.1 Å². The van der Waals surface area contributed by atoms with Gasteiger partial charge in [0, 0.05) is 12.3 Å². The smallest absolute Gasteiger partial charge is 0.235 e. The Balaban J connectivity index is 1.34. The maximum atomic E-state index is 13.0. The molecule has 5 rings (SSSR count). The van der Waals surface area contributed by atoms with Crippen LogP contribution >= 0.6 is 11.8 Å². The van der Waals surface area contributed by atoms with Gasteiger partial charge in [-0.3, -0.25) is 4.79 Å². The van der Waals surface area contributed by atoms with Crippen molar-refractivity contribution in [3.8, 4) is 11.8 Å². The van der Waals surface area contributed by atoms with Gasteiger partial charge in [-0.05, 0) is 44.4 Å². The van der Waals surface area contributed by atoms with Crippen LogP contribution in [0.15, 0.2) is 47.9 Å². The molecule has 3 aromatic heterocycles. The second-order valence-electron chi connectivity index (χ2n) is 8.44. The third kappa shape index (κ3) is 4.52. The van der Waals surface area contributed by atoms with Crippen LogP contribution in [0.5, 0.6) is 0 Å². The highest BCUT2D eigenvalue weighted by Gasteiger charge is 2.24. The average Bonchev–Trinajstić information content (AvgIpc) is 3.60. The first-order chi connectivity index (χ1) is 17.1. The Bertz CT molecular complexity index is 1420. The predicted molar refractivity (Wildman–Crippen MR) is 134 cm³/mol. The number of ether oxygens (including phenoxy) is 1. The quantitative estimate of drug-likeness (QED) is 0.310. The van der Waals surface area contributed by atoms with Gasteiger partial charge in [-0.25, -0.2) is 14.6 Å². The highest BCUT2D eigenvalue weighted by molar-refractivity contribution is 8.00. The van der Waals surface area contributed by atoms with E-state index >= 15 is 0 Å². The summed E-state index contributed by atoms with van der Waals surface area (Å²) in [6.07, 6.45) is 5.30. The number of carbonyl (C=O) groups is 1. The minimum Gasteiger partial charge on any atom is -0.376 e. The van der Waals surface area contributed by atoms with Crippen molar-refractivity contribution in [1.82, 2.24) is 24.3 Å². The summed E-state index contributed by atoms with van der Waals surface area (Å²) in [5, 5.41) is 18.7. The van der Waals surface area contributed by atoms with Crippen molar-refractivity contribution in [2.45, 2.75) is 44.4 Å². The number of nitrogens with zero attached hydrogens (tertiary/aromatic N) is 6. The molecule has 0 saturated carbocycles. The van der Waals surface area contributed by atoms with Crippen LogP contribution in [-0.4, -0.2) is 48.7 Å². The Kier molecular flexibility index (Phi) is 6.53. The summed E-state index contributed by atoms with van der Waals surface area (Å²) >= 11 is 1.32. The number of fused-ring (bicyclic) bond motifs is 1. The first kappa shape index (κ1) is 23.1. The maximum Gasteiger partial charge on any atom is 0.235 e. The third-order valence-electron chi connectivity index (χ3n) is 6.28. The fourth-order valence-corrected chi connectivity index (χ4v) is 5.11. The summed E-state index contributed by atoms with van der Waals surface area (Å²) in [5.74, 6) is 0.463. The number of anilines is 1. The molecule has 1 fully saturated rings. The van der Waals surface area contributed by atoms with Crippen LogP contribution in [0.2, 0.25) is 0 Å². The molecule has 1 unspecified atom stereocenters. The van der Waals surface area contributed by atoms with Gasteiger partial charge in [0.1, 0.15) is 23.2 Å². The molecule has 0 aliphatic carbocycles. The zero-order valence-corrected chi connectivity index (χ0v) is 20.4. The van der Waals surface area contributed by atoms with E-state index in [9.17, 15) is 10.1 Å². The van der Waals surface area contributed by atoms with Crippen LogP contribution in [0.1, 0.15) is 29.7 Å². The summed E-state index contributed by atoms with van der Waals surface area (Å²) in [7, 11) is 0. The van der Waals surface area contributed by atoms with Gasteiger partial charge in [0.15, 0.2) is 5.65 Å². The lowest BCUT2D eigenvalue weighted by atomic mass is 10.2. The molecular formula is C25H25N7O2S. The molecule has 1 aliphatic heterocycles. The summed E-state index contributed by atoms with van der Waals surface area (Å²) in [6, 6.07) is 12.0. The van der Waals surface area contributed by atoms with Gasteiger partial charge in [0.05, 0.1) is 41.2 Å². The summed E-state index contributed by atoms with van der Waals surface area (Å²) in [4.78, 5) is 21.7. The molecule has 0 bridgehead atoms. The van der Waals surface area contributed by atoms with E-state index in [1.807, 2.05) is 48.7 Å². The Labute approximate surface area is 207 Å². The van der Waals surface area contributed by atoms with Gasteiger partial charge in [-0.2, -0.15) is 10.4 Å². The third-order valence-corrected chi connectivity index (χ3v) is 7.28. The molecule has 9 nitrogen and oxygen atoms in total. The highest BCUT2D eigenvalue weighted by Crippen LogP contribution is 2.30. The van der Waals surface area contributed by atoms with E-state index in [0.717, 1.165) is 41.8 Å². The first-order valence-corrected chi connectivity index (χ1v) is 12.4. The van der Waals surface area contributed by atoms with Gasteiger partial charge in [-0.1, -0.05) is 30.0 Å². The molecule has 1 saturated heterocycles. The largest absolute Gasteiger partial charge is 0.376 e. The van der Waals surface area contributed by atoms with Crippen molar-refractivity contribution in [2.24, 2.45) is 0 Å². The lowest BCUT2D eigenvalue weighted by Gasteiger charge is -2.16. The Morgan fingerprint density at radius 1 is 1.29 bits per heavy atom. The number of hydrogen-bond acceptors (Lipinski definition) is 7. The molecule has 1 aromatic carbocycles. The van der Waals surface area contributed by atoms with Crippen molar-refractivity contribution < 1.29 is 9.53 Å². The number of benzene rings is 1. The fourth-order valence-electron chi connectivity index (χ4n) is 4.35. The number of rotatable bonds is 7. The molecule has 1 amide bonds. The van der Waals surface area contributed by atoms with Crippen LogP contribution in [-0.2, 0) is 16.1 Å². The second kappa shape index (κ2) is 9.90. The standard InChI is InChI=1S/C25H25N7O2S/c1-16-17(2)31(13-19-9-6-10-34-19)24(20(16)11-26)30-22(33)14-35-25-21-12-29-32(23(21)27-15-28-25)18-7-4-3-5-8-18/h3-5,7-8,12,15,19H,6,9-10,13-14H2,1-2H3,(H,30,33). The van der Waals surface area contributed by atoms with E-state index in [0.29, 0.717) is 28.6 Å². The molecule has 1 aliphatic rings. The van der Waals surface area contributed by atoms with E-state index in [4.69, 9.17) is 4.74 Å². The van der Waals surface area contributed by atoms with Crippen molar-refractivity contribution >= 4 is 34.5 Å². The number of aromatic nitrogens is 5. The van der Waals surface area contributed by atoms with E-state index in [-0.39, 0.29) is 17.8 Å². The van der Waals surface area contributed by atoms with Crippen molar-refractivity contribution in [3.05, 3.63) is 59.7 Å². The second-order valence-corrected chi connectivity index (χ2v) is 9.40. The SMILES string of the molecule is Cc1c(C#N)c(NC(=O)CSc2ncnc3c2cnn3-c2ccccc2)n(CC2CCCO2)c1C. The van der Waals surface area contributed by atoms with Crippen LogP contribution in [0.3, 0.4) is 0 Å². The lowest BCUT2D eigenvalue weighted by molar-refractivity contribution is -0.113. The summed E-state index contributed by atoms with van der Waals surface area (Å²) < 4.78 is 9.55. The van der Waals surface area contributed by atoms with Crippen molar-refractivity contribution in [1.29, 1.82) is 5.26 Å². The van der Waals surface area contributed by atoms with Crippen molar-refractivity contribution in [3.63, 3.8) is 0 Å². The van der Waals surface area contributed by atoms with Crippen LogP contribution in [0.4, 0.5) is 5.82 Å². The van der Waals surface area contributed by atoms with Gasteiger partial charge >= 0.3 is 0 Å². The minimum atomic E-state index is -0.209. The normalized spacial score (nSPS) is 15.4. The molecule has 4 heterocycles. The van der Waals surface area contributed by atoms with E-state index in [1.54, 1.807) is 10.9 Å². The number of para-hydroxylation sites is 1. The first-order valence-electron chi connectivity index (χ1n) is 11.4. The number of carbonyl (C=O) groups excluding carboxylic acids is 1. The predicted octanol–water partition coefficient (Wildman–Crippen LogP) is 4.02. The van der Waals surface area contributed by atoms with Gasteiger partial charge in [-0.15, -0.1) is 0 Å². The Morgan fingerprint density at radius 2 is 2.11 bits per heavy atom. The molecule has 35 heavy (non-hydrogen) atoms. The molecule has 0 spiro atoms. The number of amides is 1. The fraction of sp³-hybridized carbons (Fsp3) is 0.320. The topological polar surface area (TPSA) is 111 Å². The van der Waals surface area contributed by atoms with Crippen LogP contribution in [0, 0.1) is 25.2 Å². The molecule has 10 heteroatoms. The van der Waals surface area contributed by atoms with Gasteiger partial charge in [0.25, 0.3) is 0 Å². The Hall–Kier alpha value is -3.68. The number of thioether (sulfide) groups is 1. The number of nitriles is 1. The zero-order valence-electron chi connectivity index (χ0n) is 19.6. The number of nitrogens with one attached hydrogen (secondary N) is 1. The zero-order chi connectivity index (χ0) is 24.4. The monoisotopic (exact) mass is 487 g/mol. The van der Waals surface area contributed by atoms with Crippen molar-refractivity contribution in [2.75, 3.05) is 17.7 Å². The maximum absolute atomic E-state index is 13.0. The molecule has 1 atom stereocenters. The van der Waals surface area contributed by atoms with Crippen LogP contribution < -0.4 is 5.32 Å². The molecule has 4 aromatic rings. The van der Waals surface area contributed by atoms with E-state index in [2.05, 4.69) is 26.5 Å². The molecule has 1 N–H and O–H groups in total. The van der Waals surface area contributed by atoms with Gasteiger partial charge in [0.2, 0.25) is 5.91 Å². The van der Waals surface area contributed by atoms with E-state index < -0.39 is 0 Å². The Morgan fingerprint density at radius 3 is 2.86 bits per heavy atom. The van der Waals surface area contributed by atoms with Crippen LogP contribution in [0.25, 0.3) is 16.7 Å². The molecular weight excluding hydrogens is 462 g/mol. The minimum absolute atomic E-state index is 0.0903. The van der Waals surface area contributed by atoms with Gasteiger partial charge < -0.3 is 14.6 Å². The number of hydrogen-bond donors (Lipinski definition) is 1.